The summed E-state index contributed by atoms with van der Waals surface area (Å²) >= 11 is 1.48. The zero-order valence-electron chi connectivity index (χ0n) is 15.7. The molecule has 2 aliphatic rings. The zero-order valence-corrected chi connectivity index (χ0v) is 16.5. The molecule has 27 heavy (non-hydrogen) atoms. The number of hydrogen-bond donors (Lipinski definition) is 0. The highest BCUT2D eigenvalue weighted by molar-refractivity contribution is 7.13. The lowest BCUT2D eigenvalue weighted by atomic mass is 9.83. The van der Waals surface area contributed by atoms with E-state index in [-0.39, 0.29) is 17.6 Å². The first-order valence-electron chi connectivity index (χ1n) is 9.35. The second-order valence-corrected chi connectivity index (χ2v) is 8.45. The topological polar surface area (TPSA) is 77.4 Å². The first-order chi connectivity index (χ1) is 13.0. The number of likely N-dealkylation sites (tertiary alicyclic amines) is 1. The lowest BCUT2D eigenvalue weighted by molar-refractivity contribution is -0.135. The summed E-state index contributed by atoms with van der Waals surface area (Å²) in [4.78, 5) is 28.2. The van der Waals surface area contributed by atoms with Crippen LogP contribution in [0.3, 0.4) is 0 Å². The molecule has 2 saturated heterocycles. The largest absolute Gasteiger partial charge is 0.473 e. The lowest BCUT2D eigenvalue weighted by Crippen LogP contribution is -2.52. The van der Waals surface area contributed by atoms with E-state index in [0.717, 1.165) is 41.3 Å². The van der Waals surface area contributed by atoms with E-state index in [9.17, 15) is 4.79 Å². The maximum atomic E-state index is 12.8. The Morgan fingerprint density at radius 2 is 2.15 bits per heavy atom. The van der Waals surface area contributed by atoms with Crippen molar-refractivity contribution >= 4 is 17.2 Å². The molecular weight excluding hydrogens is 364 g/mol. The summed E-state index contributed by atoms with van der Waals surface area (Å²) < 4.78 is 12.2. The maximum Gasteiger partial charge on any atom is 0.265 e. The minimum Gasteiger partial charge on any atom is -0.473 e. The van der Waals surface area contributed by atoms with E-state index in [1.54, 1.807) is 18.6 Å². The molecule has 7 nitrogen and oxygen atoms in total. The van der Waals surface area contributed by atoms with E-state index in [4.69, 9.17) is 9.47 Å². The van der Waals surface area contributed by atoms with Crippen LogP contribution in [0.2, 0.25) is 0 Å². The van der Waals surface area contributed by atoms with Crippen LogP contribution in [0.5, 0.6) is 5.88 Å². The van der Waals surface area contributed by atoms with E-state index in [1.165, 1.54) is 11.3 Å². The van der Waals surface area contributed by atoms with Gasteiger partial charge < -0.3 is 14.4 Å². The van der Waals surface area contributed by atoms with E-state index in [1.807, 2.05) is 18.7 Å². The van der Waals surface area contributed by atoms with Crippen LogP contribution < -0.4 is 4.74 Å². The number of ether oxygens (including phenoxy) is 2. The van der Waals surface area contributed by atoms with Crippen molar-refractivity contribution in [3.8, 4) is 5.88 Å². The zero-order chi connectivity index (χ0) is 18.9. The smallest absolute Gasteiger partial charge is 0.265 e. The molecule has 2 aliphatic heterocycles. The van der Waals surface area contributed by atoms with Crippen LogP contribution in [-0.4, -0.2) is 57.2 Å². The number of carbonyl (C=O) groups excluding carboxylic acids is 1. The molecule has 1 spiro atoms. The van der Waals surface area contributed by atoms with Crippen molar-refractivity contribution in [1.29, 1.82) is 0 Å². The molecule has 4 rings (SSSR count). The van der Waals surface area contributed by atoms with Crippen LogP contribution in [0.15, 0.2) is 18.6 Å². The second-order valence-electron chi connectivity index (χ2n) is 7.25. The first-order valence-corrected chi connectivity index (χ1v) is 10.2. The molecule has 0 bridgehead atoms. The summed E-state index contributed by atoms with van der Waals surface area (Å²) in [6, 6.07) is 0. The fourth-order valence-corrected chi connectivity index (χ4v) is 4.83. The Balaban J connectivity index is 1.37. The van der Waals surface area contributed by atoms with Gasteiger partial charge in [-0.25, -0.2) is 9.97 Å². The minimum atomic E-state index is -0.208. The number of rotatable bonds is 3. The van der Waals surface area contributed by atoms with Gasteiger partial charge in [0.25, 0.3) is 5.91 Å². The summed E-state index contributed by atoms with van der Waals surface area (Å²) in [5.41, 5.74) is 0.620. The summed E-state index contributed by atoms with van der Waals surface area (Å²) in [5.74, 6) is 0.652. The van der Waals surface area contributed by atoms with Crippen molar-refractivity contribution in [3.63, 3.8) is 0 Å². The van der Waals surface area contributed by atoms with Gasteiger partial charge >= 0.3 is 0 Å². The summed E-state index contributed by atoms with van der Waals surface area (Å²) in [6.45, 7) is 5.92. The van der Waals surface area contributed by atoms with Crippen molar-refractivity contribution in [2.45, 2.75) is 51.2 Å². The molecule has 0 aromatic carbocycles. The molecule has 2 aromatic rings. The van der Waals surface area contributed by atoms with Crippen molar-refractivity contribution in [2.75, 3.05) is 19.7 Å². The highest BCUT2D eigenvalue weighted by atomic mass is 32.1. The monoisotopic (exact) mass is 388 g/mol. The SMILES string of the molecule is Cc1nc(C)c(C(=O)N2CCC3(CC2)CC(Oc2cnccn2)CCO3)s1. The quantitative estimate of drug-likeness (QED) is 0.805. The summed E-state index contributed by atoms with van der Waals surface area (Å²) in [6.07, 6.45) is 8.32. The predicted octanol–water partition coefficient (Wildman–Crippen LogP) is 2.78. The number of piperidine rings is 1. The Bertz CT molecular complexity index is 803. The van der Waals surface area contributed by atoms with Crippen LogP contribution >= 0.6 is 11.3 Å². The highest BCUT2D eigenvalue weighted by Crippen LogP contribution is 2.37. The number of hydrogen-bond acceptors (Lipinski definition) is 7. The first kappa shape index (κ1) is 18.3. The fourth-order valence-electron chi connectivity index (χ4n) is 3.94. The van der Waals surface area contributed by atoms with Gasteiger partial charge in [-0.2, -0.15) is 0 Å². The van der Waals surface area contributed by atoms with Gasteiger partial charge in [0.1, 0.15) is 11.0 Å². The third-order valence-corrected chi connectivity index (χ3v) is 6.40. The third kappa shape index (κ3) is 3.96. The highest BCUT2D eigenvalue weighted by Gasteiger charge is 2.42. The number of aryl methyl sites for hydroxylation is 2. The molecular formula is C19H24N4O3S. The predicted molar refractivity (Wildman–Crippen MR) is 101 cm³/mol. The Kier molecular flexibility index (Phi) is 5.10. The summed E-state index contributed by atoms with van der Waals surface area (Å²) in [7, 11) is 0. The van der Waals surface area contributed by atoms with Gasteiger partial charge in [0, 0.05) is 38.3 Å². The Morgan fingerprint density at radius 1 is 1.33 bits per heavy atom. The van der Waals surface area contributed by atoms with Gasteiger partial charge in [-0.15, -0.1) is 11.3 Å². The van der Waals surface area contributed by atoms with E-state index < -0.39 is 0 Å². The number of aromatic nitrogens is 3. The van der Waals surface area contributed by atoms with E-state index in [0.29, 0.717) is 25.6 Å². The molecule has 0 saturated carbocycles. The van der Waals surface area contributed by atoms with Gasteiger partial charge in [-0.1, -0.05) is 0 Å². The van der Waals surface area contributed by atoms with Crippen molar-refractivity contribution < 1.29 is 14.3 Å². The van der Waals surface area contributed by atoms with Crippen molar-refractivity contribution in [1.82, 2.24) is 19.9 Å². The molecule has 2 aromatic heterocycles. The van der Waals surface area contributed by atoms with Crippen LogP contribution in [-0.2, 0) is 4.74 Å². The van der Waals surface area contributed by atoms with Gasteiger partial charge in [-0.05, 0) is 26.7 Å². The molecule has 2 fully saturated rings. The lowest BCUT2D eigenvalue weighted by Gasteiger charge is -2.45. The van der Waals surface area contributed by atoms with Gasteiger partial charge in [0.2, 0.25) is 5.88 Å². The third-order valence-electron chi connectivity index (χ3n) is 5.33. The standard InChI is InChI=1S/C19H24N4O3S/c1-13-17(27-14(2)22-13)18(24)23-8-4-19(5-9-23)11-15(3-10-25-19)26-16-12-20-6-7-21-16/h6-7,12,15H,3-5,8-11H2,1-2H3. The average Bonchev–Trinajstić information content (AvgIpc) is 3.01. The van der Waals surface area contributed by atoms with Crippen molar-refractivity contribution in [2.24, 2.45) is 0 Å². The molecule has 1 atom stereocenters. The van der Waals surface area contributed by atoms with Gasteiger partial charge in [0.15, 0.2) is 0 Å². The second kappa shape index (κ2) is 7.52. The van der Waals surface area contributed by atoms with Gasteiger partial charge in [0.05, 0.1) is 29.1 Å². The molecule has 0 aliphatic carbocycles. The van der Waals surface area contributed by atoms with Gasteiger partial charge in [-0.3, -0.25) is 9.78 Å². The number of carbonyl (C=O) groups is 1. The molecule has 1 amide bonds. The van der Waals surface area contributed by atoms with Crippen molar-refractivity contribution in [3.05, 3.63) is 34.2 Å². The number of amides is 1. The normalized spacial score (nSPS) is 22.0. The molecule has 0 radical (unpaired) electrons. The molecule has 4 heterocycles. The van der Waals surface area contributed by atoms with E-state index in [2.05, 4.69) is 15.0 Å². The van der Waals surface area contributed by atoms with Crippen LogP contribution in [0.1, 0.15) is 46.1 Å². The van der Waals surface area contributed by atoms with Crippen LogP contribution in [0, 0.1) is 13.8 Å². The summed E-state index contributed by atoms with van der Waals surface area (Å²) in [5, 5.41) is 0.934. The molecule has 1 unspecified atom stereocenters. The van der Waals surface area contributed by atoms with Crippen LogP contribution in [0.25, 0.3) is 0 Å². The fraction of sp³-hybridized carbons (Fsp3) is 0.579. The van der Waals surface area contributed by atoms with E-state index >= 15 is 0 Å². The van der Waals surface area contributed by atoms with Crippen LogP contribution in [0.4, 0.5) is 0 Å². The Labute approximate surface area is 162 Å². The molecule has 0 N–H and O–H groups in total. The molecule has 144 valence electrons. The Morgan fingerprint density at radius 3 is 2.81 bits per heavy atom. The number of nitrogens with zero attached hydrogens (tertiary/aromatic N) is 4. The minimum absolute atomic E-state index is 0.0732. The maximum absolute atomic E-state index is 12.8. The Hall–Kier alpha value is -2.06. The number of thiazole rings is 1. The average molecular weight is 388 g/mol. The molecule has 8 heteroatoms.